The zero-order valence-corrected chi connectivity index (χ0v) is 14.2. The third kappa shape index (κ3) is 3.23. The first-order valence-electron chi connectivity index (χ1n) is 6.66. The van der Waals surface area contributed by atoms with Crippen LogP contribution in [-0.4, -0.2) is 28.6 Å². The van der Waals surface area contributed by atoms with Crippen LogP contribution in [0.2, 0.25) is 5.54 Å². The highest BCUT2D eigenvalue weighted by atomic mass is 28.4. The molecule has 0 radical (unpaired) electrons. The molecule has 0 bridgehead atoms. The van der Waals surface area contributed by atoms with Crippen molar-refractivity contribution in [3.8, 4) is 0 Å². The Hall–Kier alpha value is -0.163. The topological polar surface area (TPSA) is 27.7 Å². The smallest absolute Gasteiger partial charge is 0.377 e. The Kier molecular flexibility index (Phi) is 6.78. The van der Waals surface area contributed by atoms with Crippen LogP contribution in [0, 0.1) is 11.8 Å². The summed E-state index contributed by atoms with van der Waals surface area (Å²) in [5.74, 6) is 0.622. The van der Waals surface area contributed by atoms with Gasteiger partial charge in [0.15, 0.2) is 0 Å². The van der Waals surface area contributed by atoms with Crippen molar-refractivity contribution >= 4 is 8.80 Å². The maximum absolute atomic E-state index is 6.43. The normalized spacial score (nSPS) is 13.7. The first kappa shape index (κ1) is 17.8. The molecule has 0 rings (SSSR count). The zero-order chi connectivity index (χ0) is 14.6. The van der Waals surface area contributed by atoms with E-state index in [0.717, 1.165) is 0 Å². The Morgan fingerprint density at radius 2 is 1.33 bits per heavy atom. The van der Waals surface area contributed by atoms with Gasteiger partial charge in [-0.1, -0.05) is 47.6 Å². The van der Waals surface area contributed by atoms with Crippen LogP contribution in [0.4, 0.5) is 0 Å². The molecule has 0 amide bonds. The SMILES string of the molecule is C=CC(O[Si](OC)(OC)C(C)C)(C(C)C)C(C)C. The number of hydrogen-bond acceptors (Lipinski definition) is 3. The third-order valence-electron chi connectivity index (χ3n) is 3.72. The van der Waals surface area contributed by atoms with Crippen molar-refractivity contribution in [1.29, 1.82) is 0 Å². The van der Waals surface area contributed by atoms with E-state index >= 15 is 0 Å². The highest BCUT2D eigenvalue weighted by molar-refractivity contribution is 6.62. The molecule has 0 atom stereocenters. The lowest BCUT2D eigenvalue weighted by molar-refractivity contribution is -0.0467. The molecule has 0 aliphatic rings. The van der Waals surface area contributed by atoms with E-state index in [0.29, 0.717) is 11.8 Å². The zero-order valence-electron chi connectivity index (χ0n) is 13.2. The molecule has 0 saturated carbocycles. The third-order valence-corrected chi connectivity index (χ3v) is 6.91. The summed E-state index contributed by atoms with van der Waals surface area (Å²) in [5.41, 5.74) is -0.202. The Balaban J connectivity index is 5.48. The first-order chi connectivity index (χ1) is 8.22. The van der Waals surface area contributed by atoms with Crippen molar-refractivity contribution in [3.05, 3.63) is 12.7 Å². The Morgan fingerprint density at radius 3 is 1.50 bits per heavy atom. The minimum absolute atomic E-state index is 0.212. The predicted octanol–water partition coefficient (Wildman–Crippen LogP) is 3.88. The molecule has 18 heavy (non-hydrogen) atoms. The Labute approximate surface area is 114 Å². The Bertz CT molecular complexity index is 250. The van der Waals surface area contributed by atoms with Gasteiger partial charge in [0.25, 0.3) is 0 Å². The van der Waals surface area contributed by atoms with E-state index in [4.69, 9.17) is 13.3 Å². The summed E-state index contributed by atoms with van der Waals surface area (Å²) in [7, 11) is 0.668. The van der Waals surface area contributed by atoms with Gasteiger partial charge >= 0.3 is 8.80 Å². The number of hydrogen-bond donors (Lipinski definition) is 0. The summed E-state index contributed by atoms with van der Waals surface area (Å²) < 4.78 is 17.7. The largest absolute Gasteiger partial charge is 0.503 e. The fourth-order valence-corrected chi connectivity index (χ4v) is 4.98. The molecule has 0 aromatic carbocycles. The second kappa shape index (κ2) is 6.85. The standard InChI is InChI=1S/C14H30O3Si/c1-10-14(11(2)3,12(4)5)17-18(15-8,16-9)13(6)7/h10-13H,1H2,2-9H3. The van der Waals surface area contributed by atoms with Crippen LogP contribution in [-0.2, 0) is 13.3 Å². The lowest BCUT2D eigenvalue weighted by atomic mass is 9.81. The van der Waals surface area contributed by atoms with E-state index in [-0.39, 0.29) is 5.54 Å². The van der Waals surface area contributed by atoms with Crippen LogP contribution >= 0.6 is 0 Å². The maximum atomic E-state index is 6.43. The van der Waals surface area contributed by atoms with Gasteiger partial charge in [-0.3, -0.25) is 0 Å². The van der Waals surface area contributed by atoms with Crippen molar-refractivity contribution in [2.75, 3.05) is 14.2 Å². The molecule has 0 N–H and O–H groups in total. The average Bonchev–Trinajstić information content (AvgIpc) is 2.30. The van der Waals surface area contributed by atoms with Crippen molar-refractivity contribution in [1.82, 2.24) is 0 Å². The number of rotatable bonds is 8. The van der Waals surface area contributed by atoms with Crippen LogP contribution in [0.3, 0.4) is 0 Å². The van der Waals surface area contributed by atoms with E-state index in [2.05, 4.69) is 48.1 Å². The van der Waals surface area contributed by atoms with Crippen molar-refractivity contribution in [2.24, 2.45) is 11.8 Å². The van der Waals surface area contributed by atoms with Gasteiger partial charge in [0.05, 0.1) is 5.60 Å². The van der Waals surface area contributed by atoms with Gasteiger partial charge in [-0.2, -0.15) is 0 Å². The van der Waals surface area contributed by atoms with Crippen molar-refractivity contribution < 1.29 is 13.3 Å². The first-order valence-corrected chi connectivity index (χ1v) is 8.46. The molecule has 0 heterocycles. The van der Waals surface area contributed by atoms with Gasteiger partial charge in [-0.25, -0.2) is 0 Å². The van der Waals surface area contributed by atoms with Crippen LogP contribution in [0.5, 0.6) is 0 Å². The van der Waals surface area contributed by atoms with E-state index < -0.39 is 14.4 Å². The second-order valence-corrected chi connectivity index (χ2v) is 9.02. The molecule has 0 unspecified atom stereocenters. The molecule has 108 valence electrons. The van der Waals surface area contributed by atoms with Gasteiger partial charge in [0.1, 0.15) is 0 Å². The van der Waals surface area contributed by atoms with Crippen molar-refractivity contribution in [2.45, 2.75) is 52.7 Å². The van der Waals surface area contributed by atoms with Crippen LogP contribution < -0.4 is 0 Å². The monoisotopic (exact) mass is 274 g/mol. The van der Waals surface area contributed by atoms with Crippen molar-refractivity contribution in [3.63, 3.8) is 0 Å². The summed E-state index contributed by atoms with van der Waals surface area (Å²) in [6.07, 6.45) is 1.91. The summed E-state index contributed by atoms with van der Waals surface area (Å²) in [6, 6.07) is 0. The molecular weight excluding hydrogens is 244 g/mol. The summed E-state index contributed by atoms with van der Waals surface area (Å²) in [5, 5.41) is 0. The van der Waals surface area contributed by atoms with Gasteiger partial charge in [-0.15, -0.1) is 6.58 Å². The van der Waals surface area contributed by atoms with Gasteiger partial charge < -0.3 is 13.3 Å². The van der Waals surface area contributed by atoms with E-state index in [9.17, 15) is 0 Å². The molecule has 0 aliphatic carbocycles. The lowest BCUT2D eigenvalue weighted by Crippen LogP contribution is -2.57. The molecule has 0 aliphatic heterocycles. The van der Waals surface area contributed by atoms with Gasteiger partial charge in [0.2, 0.25) is 0 Å². The second-order valence-electron chi connectivity index (χ2n) is 5.64. The quantitative estimate of drug-likeness (QED) is 0.496. The predicted molar refractivity (Wildman–Crippen MR) is 78.6 cm³/mol. The highest BCUT2D eigenvalue weighted by Gasteiger charge is 2.51. The fourth-order valence-electron chi connectivity index (χ4n) is 2.42. The molecule has 0 aromatic heterocycles. The van der Waals surface area contributed by atoms with Gasteiger partial charge in [0, 0.05) is 19.8 Å². The van der Waals surface area contributed by atoms with Gasteiger partial charge in [-0.05, 0) is 11.8 Å². The molecular formula is C14H30O3Si. The molecule has 0 spiro atoms. The molecule has 3 nitrogen and oxygen atoms in total. The van der Waals surface area contributed by atoms with E-state index in [1.807, 2.05) is 6.08 Å². The average molecular weight is 274 g/mol. The molecule has 0 aromatic rings. The van der Waals surface area contributed by atoms with E-state index in [1.54, 1.807) is 14.2 Å². The van der Waals surface area contributed by atoms with Crippen LogP contribution in [0.15, 0.2) is 12.7 Å². The minimum atomic E-state index is -2.67. The Morgan fingerprint density at radius 1 is 0.944 bits per heavy atom. The minimum Gasteiger partial charge on any atom is -0.377 e. The highest BCUT2D eigenvalue weighted by Crippen LogP contribution is 2.38. The maximum Gasteiger partial charge on any atom is 0.503 e. The summed E-state index contributed by atoms with van der Waals surface area (Å²) in [6.45, 7) is 16.7. The van der Waals surface area contributed by atoms with Crippen LogP contribution in [0.1, 0.15) is 41.5 Å². The van der Waals surface area contributed by atoms with Crippen LogP contribution in [0.25, 0.3) is 0 Å². The summed E-state index contributed by atoms with van der Waals surface area (Å²) >= 11 is 0. The molecule has 0 fully saturated rings. The molecule has 4 heteroatoms. The van der Waals surface area contributed by atoms with E-state index in [1.165, 1.54) is 0 Å². The lowest BCUT2D eigenvalue weighted by Gasteiger charge is -2.45. The fraction of sp³-hybridized carbons (Fsp3) is 0.857. The summed E-state index contributed by atoms with van der Waals surface area (Å²) in [4.78, 5) is 0. The molecule has 0 saturated heterocycles.